The molecule has 0 aromatic heterocycles. The SMILES string of the molecule is CCC(=O)NNC(=O)CCC(=O)Nc1cc(C)ccc1C. The predicted octanol–water partition coefficient (Wildman–Crippen LogP) is 1.58. The number of hydrazine groups is 1. The van der Waals surface area contributed by atoms with Crippen LogP contribution in [0.5, 0.6) is 0 Å². The van der Waals surface area contributed by atoms with Crippen molar-refractivity contribution in [2.75, 3.05) is 5.32 Å². The van der Waals surface area contributed by atoms with Crippen LogP contribution in [0.25, 0.3) is 0 Å². The van der Waals surface area contributed by atoms with Gasteiger partial charge in [0.15, 0.2) is 0 Å². The van der Waals surface area contributed by atoms with E-state index >= 15 is 0 Å². The predicted molar refractivity (Wildman–Crippen MR) is 80.4 cm³/mol. The van der Waals surface area contributed by atoms with Gasteiger partial charge in [-0.2, -0.15) is 0 Å². The number of benzene rings is 1. The number of carbonyl (C=O) groups excluding carboxylic acids is 3. The van der Waals surface area contributed by atoms with Crippen LogP contribution in [0.3, 0.4) is 0 Å². The molecule has 1 aromatic rings. The van der Waals surface area contributed by atoms with Crippen LogP contribution in [0.4, 0.5) is 5.69 Å². The van der Waals surface area contributed by atoms with E-state index in [1.807, 2.05) is 32.0 Å². The van der Waals surface area contributed by atoms with Crippen LogP contribution in [0.1, 0.15) is 37.3 Å². The van der Waals surface area contributed by atoms with E-state index in [0.717, 1.165) is 16.8 Å². The summed E-state index contributed by atoms with van der Waals surface area (Å²) in [6.07, 6.45) is 0.356. The smallest absolute Gasteiger partial charge is 0.238 e. The number of hydrogen-bond donors (Lipinski definition) is 3. The third kappa shape index (κ3) is 6.07. The van der Waals surface area contributed by atoms with E-state index in [0.29, 0.717) is 0 Å². The van der Waals surface area contributed by atoms with Crippen LogP contribution in [0.2, 0.25) is 0 Å². The molecule has 0 unspecified atom stereocenters. The number of aryl methyl sites for hydroxylation is 2. The molecule has 0 heterocycles. The third-order valence-electron chi connectivity index (χ3n) is 2.91. The largest absolute Gasteiger partial charge is 0.326 e. The van der Waals surface area contributed by atoms with E-state index in [9.17, 15) is 14.4 Å². The molecule has 0 aliphatic rings. The molecule has 1 aromatic carbocycles. The average molecular weight is 291 g/mol. The molecule has 3 amide bonds. The van der Waals surface area contributed by atoms with Gasteiger partial charge in [0.05, 0.1) is 0 Å². The van der Waals surface area contributed by atoms with E-state index < -0.39 is 5.91 Å². The molecular formula is C15H21N3O3. The minimum absolute atomic E-state index is 0.0146. The number of amides is 3. The molecule has 6 nitrogen and oxygen atoms in total. The van der Waals surface area contributed by atoms with E-state index in [4.69, 9.17) is 0 Å². The van der Waals surface area contributed by atoms with Crippen LogP contribution in [-0.2, 0) is 14.4 Å². The van der Waals surface area contributed by atoms with Gasteiger partial charge in [-0.25, -0.2) is 0 Å². The van der Waals surface area contributed by atoms with Crippen molar-refractivity contribution in [3.05, 3.63) is 29.3 Å². The molecule has 21 heavy (non-hydrogen) atoms. The Balaban J connectivity index is 2.39. The van der Waals surface area contributed by atoms with Crippen molar-refractivity contribution in [2.24, 2.45) is 0 Å². The van der Waals surface area contributed by atoms with Crippen molar-refractivity contribution in [3.63, 3.8) is 0 Å². The first kappa shape index (κ1) is 16.7. The highest BCUT2D eigenvalue weighted by Gasteiger charge is 2.09. The van der Waals surface area contributed by atoms with Gasteiger partial charge in [0, 0.05) is 24.9 Å². The van der Waals surface area contributed by atoms with E-state index in [1.54, 1.807) is 6.92 Å². The molecule has 0 aliphatic carbocycles. The van der Waals surface area contributed by atoms with Crippen LogP contribution >= 0.6 is 0 Å². The fraction of sp³-hybridized carbons (Fsp3) is 0.400. The maximum Gasteiger partial charge on any atom is 0.238 e. The Kier molecular flexibility index (Phi) is 6.39. The Hall–Kier alpha value is -2.37. The van der Waals surface area contributed by atoms with Crippen LogP contribution in [-0.4, -0.2) is 17.7 Å². The van der Waals surface area contributed by atoms with Gasteiger partial charge in [-0.1, -0.05) is 19.1 Å². The van der Waals surface area contributed by atoms with Crippen molar-refractivity contribution >= 4 is 23.4 Å². The first-order valence-corrected chi connectivity index (χ1v) is 6.87. The highest BCUT2D eigenvalue weighted by Crippen LogP contribution is 2.16. The standard InChI is InChI=1S/C15H21N3O3/c1-4-13(19)17-18-15(21)8-7-14(20)16-12-9-10(2)5-6-11(12)3/h5-6,9H,4,7-8H2,1-3H3,(H,16,20)(H,17,19)(H,18,21). The number of carbonyl (C=O) groups is 3. The maximum absolute atomic E-state index is 11.8. The number of anilines is 1. The summed E-state index contributed by atoms with van der Waals surface area (Å²) < 4.78 is 0. The highest BCUT2D eigenvalue weighted by atomic mass is 16.2. The number of hydrogen-bond acceptors (Lipinski definition) is 3. The minimum atomic E-state index is -0.395. The molecule has 0 atom stereocenters. The van der Waals surface area contributed by atoms with Crippen LogP contribution < -0.4 is 16.2 Å². The van der Waals surface area contributed by atoms with E-state index in [-0.39, 0.29) is 31.1 Å². The normalized spacial score (nSPS) is 9.86. The zero-order chi connectivity index (χ0) is 15.8. The molecule has 1 rings (SSSR count). The quantitative estimate of drug-likeness (QED) is 0.720. The summed E-state index contributed by atoms with van der Waals surface area (Å²) in [5, 5.41) is 2.78. The molecule has 0 spiro atoms. The van der Waals surface area contributed by atoms with Crippen molar-refractivity contribution in [2.45, 2.75) is 40.0 Å². The van der Waals surface area contributed by atoms with Crippen molar-refractivity contribution < 1.29 is 14.4 Å². The van der Waals surface area contributed by atoms with Gasteiger partial charge >= 0.3 is 0 Å². The summed E-state index contributed by atoms with van der Waals surface area (Å²) in [5.74, 6) is -0.906. The third-order valence-corrected chi connectivity index (χ3v) is 2.91. The Labute approximate surface area is 124 Å². The monoisotopic (exact) mass is 291 g/mol. The summed E-state index contributed by atoms with van der Waals surface area (Å²) in [6, 6.07) is 5.78. The van der Waals surface area contributed by atoms with Crippen molar-refractivity contribution in [1.29, 1.82) is 0 Å². The van der Waals surface area contributed by atoms with Gasteiger partial charge in [0.2, 0.25) is 17.7 Å². The molecule has 0 radical (unpaired) electrons. The lowest BCUT2D eigenvalue weighted by Gasteiger charge is -2.09. The Morgan fingerprint density at radius 3 is 2.24 bits per heavy atom. The Bertz CT molecular complexity index is 541. The number of rotatable bonds is 5. The summed E-state index contributed by atoms with van der Waals surface area (Å²) in [4.78, 5) is 34.2. The molecule has 114 valence electrons. The fourth-order valence-electron chi connectivity index (χ4n) is 1.60. The average Bonchev–Trinajstić information content (AvgIpc) is 2.46. The highest BCUT2D eigenvalue weighted by molar-refractivity contribution is 5.94. The van der Waals surface area contributed by atoms with Crippen LogP contribution in [0.15, 0.2) is 18.2 Å². The van der Waals surface area contributed by atoms with Gasteiger partial charge in [-0.3, -0.25) is 25.2 Å². The lowest BCUT2D eigenvalue weighted by atomic mass is 10.1. The Morgan fingerprint density at radius 1 is 0.952 bits per heavy atom. The molecule has 3 N–H and O–H groups in total. The van der Waals surface area contributed by atoms with Crippen LogP contribution in [0, 0.1) is 13.8 Å². The van der Waals surface area contributed by atoms with Gasteiger partial charge in [-0.05, 0) is 31.0 Å². The molecule has 6 heteroatoms. The first-order chi connectivity index (χ1) is 9.92. The van der Waals surface area contributed by atoms with Crippen molar-refractivity contribution in [1.82, 2.24) is 10.9 Å². The lowest BCUT2D eigenvalue weighted by molar-refractivity contribution is -0.129. The van der Waals surface area contributed by atoms with Gasteiger partial charge in [-0.15, -0.1) is 0 Å². The second-order valence-corrected chi connectivity index (χ2v) is 4.82. The summed E-state index contributed by atoms with van der Waals surface area (Å²) in [6.45, 7) is 5.53. The van der Waals surface area contributed by atoms with Crippen molar-refractivity contribution in [3.8, 4) is 0 Å². The molecule has 0 bridgehead atoms. The summed E-state index contributed by atoms with van der Waals surface area (Å²) in [7, 11) is 0. The Morgan fingerprint density at radius 2 is 1.57 bits per heavy atom. The molecule has 0 fully saturated rings. The van der Waals surface area contributed by atoms with Gasteiger partial charge < -0.3 is 5.32 Å². The maximum atomic E-state index is 11.8. The van der Waals surface area contributed by atoms with E-state index in [2.05, 4.69) is 16.2 Å². The number of nitrogens with one attached hydrogen (secondary N) is 3. The first-order valence-electron chi connectivity index (χ1n) is 6.87. The molecule has 0 aliphatic heterocycles. The second-order valence-electron chi connectivity index (χ2n) is 4.82. The van der Waals surface area contributed by atoms with Gasteiger partial charge in [0.1, 0.15) is 0 Å². The fourth-order valence-corrected chi connectivity index (χ4v) is 1.60. The zero-order valence-corrected chi connectivity index (χ0v) is 12.6. The molecule has 0 saturated carbocycles. The molecule has 0 saturated heterocycles. The summed E-state index contributed by atoms with van der Waals surface area (Å²) >= 11 is 0. The van der Waals surface area contributed by atoms with E-state index in [1.165, 1.54) is 0 Å². The summed E-state index contributed by atoms with van der Waals surface area (Å²) in [5.41, 5.74) is 7.27. The van der Waals surface area contributed by atoms with Gasteiger partial charge in [0.25, 0.3) is 0 Å². The molecular weight excluding hydrogens is 270 g/mol. The topological polar surface area (TPSA) is 87.3 Å². The minimum Gasteiger partial charge on any atom is -0.326 e. The zero-order valence-electron chi connectivity index (χ0n) is 12.6. The lowest BCUT2D eigenvalue weighted by Crippen LogP contribution is -2.41. The second kappa shape index (κ2) is 8.04.